The zero-order valence-corrected chi connectivity index (χ0v) is 9.70. The Bertz CT molecular complexity index is 494. The summed E-state index contributed by atoms with van der Waals surface area (Å²) in [5.41, 5.74) is 1.95. The zero-order valence-electron chi connectivity index (χ0n) is 8.89. The van der Waals surface area contributed by atoms with Gasteiger partial charge < -0.3 is 5.32 Å². The van der Waals surface area contributed by atoms with E-state index in [1.54, 1.807) is 0 Å². The molecule has 3 rings (SSSR count). The smallest absolute Gasteiger partial charge is 0.115 e. The van der Waals surface area contributed by atoms with Crippen LogP contribution in [0.15, 0.2) is 35.5 Å². The molecule has 1 aliphatic rings. The van der Waals surface area contributed by atoms with Crippen LogP contribution in [0.4, 0.5) is 0 Å². The molecular formula is C12H13N3S. The molecule has 3 nitrogen and oxygen atoms in total. The number of rotatable bonds is 2. The van der Waals surface area contributed by atoms with E-state index < -0.39 is 0 Å². The third kappa shape index (κ3) is 2.03. The maximum Gasteiger partial charge on any atom is 0.115 e. The van der Waals surface area contributed by atoms with Gasteiger partial charge in [0, 0.05) is 11.8 Å². The van der Waals surface area contributed by atoms with E-state index in [9.17, 15) is 0 Å². The van der Waals surface area contributed by atoms with Crippen molar-refractivity contribution in [3.05, 3.63) is 30.5 Å². The fourth-order valence-electron chi connectivity index (χ4n) is 1.90. The van der Waals surface area contributed by atoms with Crippen molar-refractivity contribution < 1.29 is 0 Å². The fourth-order valence-corrected chi connectivity index (χ4v) is 2.94. The summed E-state index contributed by atoms with van der Waals surface area (Å²) in [6.45, 7) is 2.21. The number of para-hydroxylation sites is 2. The number of thioether (sulfide) groups is 1. The minimum atomic E-state index is 0.649. The molecule has 1 atom stereocenters. The van der Waals surface area contributed by atoms with Gasteiger partial charge in [0.05, 0.1) is 17.2 Å². The Hall–Kier alpha value is -1.13. The van der Waals surface area contributed by atoms with Crippen molar-refractivity contribution in [2.45, 2.75) is 16.7 Å². The standard InChI is InChI=1S/C12H13N3S/c1-2-4-11-10(3-1)14-8-12(15-11)16-9-5-6-13-7-9/h1-4,8-9,13H,5-7H2. The monoisotopic (exact) mass is 231 g/mol. The summed E-state index contributed by atoms with van der Waals surface area (Å²) in [5.74, 6) is 0. The molecule has 1 aromatic carbocycles. The summed E-state index contributed by atoms with van der Waals surface area (Å²) in [6.07, 6.45) is 3.10. The van der Waals surface area contributed by atoms with Crippen LogP contribution in [0.3, 0.4) is 0 Å². The largest absolute Gasteiger partial charge is 0.316 e. The highest BCUT2D eigenvalue weighted by Crippen LogP contribution is 2.25. The van der Waals surface area contributed by atoms with Gasteiger partial charge in [-0.25, -0.2) is 4.98 Å². The van der Waals surface area contributed by atoms with Gasteiger partial charge in [0.25, 0.3) is 0 Å². The summed E-state index contributed by atoms with van der Waals surface area (Å²) in [6, 6.07) is 8.00. The molecule has 0 bridgehead atoms. The molecule has 1 aromatic heterocycles. The Balaban J connectivity index is 1.86. The number of benzene rings is 1. The molecule has 1 aliphatic heterocycles. The van der Waals surface area contributed by atoms with Gasteiger partial charge >= 0.3 is 0 Å². The predicted octanol–water partition coefficient (Wildman–Crippen LogP) is 2.08. The van der Waals surface area contributed by atoms with E-state index in [1.807, 2.05) is 42.2 Å². The Kier molecular flexibility index (Phi) is 2.76. The van der Waals surface area contributed by atoms with Gasteiger partial charge in [-0.15, -0.1) is 11.8 Å². The Morgan fingerprint density at radius 1 is 1.25 bits per heavy atom. The molecule has 1 fully saturated rings. The van der Waals surface area contributed by atoms with E-state index in [1.165, 1.54) is 6.42 Å². The molecule has 0 saturated carbocycles. The van der Waals surface area contributed by atoms with Crippen LogP contribution in [-0.2, 0) is 0 Å². The van der Waals surface area contributed by atoms with E-state index in [0.29, 0.717) is 5.25 Å². The quantitative estimate of drug-likeness (QED) is 0.858. The molecule has 0 spiro atoms. The van der Waals surface area contributed by atoms with Gasteiger partial charge in [0.15, 0.2) is 0 Å². The number of hydrogen-bond acceptors (Lipinski definition) is 4. The third-order valence-electron chi connectivity index (χ3n) is 2.73. The SMILES string of the molecule is c1ccc2nc(SC3CCNC3)cnc2c1. The maximum absolute atomic E-state index is 4.61. The first kappa shape index (κ1) is 10.1. The van der Waals surface area contributed by atoms with Crippen molar-refractivity contribution in [2.24, 2.45) is 0 Å². The summed E-state index contributed by atoms with van der Waals surface area (Å²) in [7, 11) is 0. The molecule has 2 heterocycles. The van der Waals surface area contributed by atoms with E-state index in [-0.39, 0.29) is 0 Å². The van der Waals surface area contributed by atoms with Gasteiger partial charge in [-0.1, -0.05) is 12.1 Å². The van der Waals surface area contributed by atoms with E-state index in [0.717, 1.165) is 29.1 Å². The van der Waals surface area contributed by atoms with Gasteiger partial charge in [0.1, 0.15) is 5.03 Å². The number of hydrogen-bond donors (Lipinski definition) is 1. The molecule has 0 amide bonds. The van der Waals surface area contributed by atoms with Crippen molar-refractivity contribution in [1.29, 1.82) is 0 Å². The Morgan fingerprint density at radius 2 is 2.12 bits per heavy atom. The lowest BCUT2D eigenvalue weighted by molar-refractivity contribution is 0.858. The molecule has 0 radical (unpaired) electrons. The molecule has 1 N–H and O–H groups in total. The van der Waals surface area contributed by atoms with Crippen LogP contribution in [0.1, 0.15) is 6.42 Å². The minimum absolute atomic E-state index is 0.649. The molecular weight excluding hydrogens is 218 g/mol. The number of nitrogens with one attached hydrogen (secondary N) is 1. The lowest BCUT2D eigenvalue weighted by atomic mass is 10.3. The molecule has 0 aliphatic carbocycles. The highest BCUT2D eigenvalue weighted by molar-refractivity contribution is 7.99. The van der Waals surface area contributed by atoms with Crippen LogP contribution in [-0.4, -0.2) is 28.3 Å². The summed E-state index contributed by atoms with van der Waals surface area (Å²) < 4.78 is 0. The second-order valence-electron chi connectivity index (χ2n) is 3.93. The lowest BCUT2D eigenvalue weighted by Gasteiger charge is -2.07. The van der Waals surface area contributed by atoms with Crippen LogP contribution in [0.25, 0.3) is 11.0 Å². The summed E-state index contributed by atoms with van der Waals surface area (Å²) in [5, 5.41) is 5.04. The average Bonchev–Trinajstić information content (AvgIpc) is 2.82. The highest BCUT2D eigenvalue weighted by Gasteiger charge is 2.16. The fraction of sp³-hybridized carbons (Fsp3) is 0.333. The minimum Gasteiger partial charge on any atom is -0.316 e. The van der Waals surface area contributed by atoms with Gasteiger partial charge in [0.2, 0.25) is 0 Å². The van der Waals surface area contributed by atoms with Gasteiger partial charge in [-0.2, -0.15) is 0 Å². The molecule has 2 aromatic rings. The van der Waals surface area contributed by atoms with E-state index in [2.05, 4.69) is 15.3 Å². The second-order valence-corrected chi connectivity index (χ2v) is 5.25. The van der Waals surface area contributed by atoms with Gasteiger partial charge in [-0.05, 0) is 25.1 Å². The number of aromatic nitrogens is 2. The van der Waals surface area contributed by atoms with Crippen LogP contribution in [0, 0.1) is 0 Å². The topological polar surface area (TPSA) is 37.8 Å². The van der Waals surface area contributed by atoms with E-state index >= 15 is 0 Å². The first-order valence-corrected chi connectivity index (χ1v) is 6.39. The first-order chi connectivity index (χ1) is 7.92. The predicted molar refractivity (Wildman–Crippen MR) is 66.7 cm³/mol. The molecule has 16 heavy (non-hydrogen) atoms. The van der Waals surface area contributed by atoms with Crippen molar-refractivity contribution in [1.82, 2.24) is 15.3 Å². The first-order valence-electron chi connectivity index (χ1n) is 5.51. The Labute approximate surface area is 98.7 Å². The molecule has 1 unspecified atom stereocenters. The van der Waals surface area contributed by atoms with Crippen molar-refractivity contribution in [3.8, 4) is 0 Å². The van der Waals surface area contributed by atoms with Crippen LogP contribution in [0.2, 0.25) is 0 Å². The van der Waals surface area contributed by atoms with Crippen LogP contribution < -0.4 is 5.32 Å². The normalized spacial score (nSPS) is 20.4. The van der Waals surface area contributed by atoms with Crippen LogP contribution in [0.5, 0.6) is 0 Å². The second kappa shape index (κ2) is 4.39. The lowest BCUT2D eigenvalue weighted by Crippen LogP contribution is -2.10. The average molecular weight is 231 g/mol. The van der Waals surface area contributed by atoms with Crippen LogP contribution >= 0.6 is 11.8 Å². The summed E-state index contributed by atoms with van der Waals surface area (Å²) >= 11 is 1.83. The third-order valence-corrected chi connectivity index (χ3v) is 3.90. The van der Waals surface area contributed by atoms with Gasteiger partial charge in [-0.3, -0.25) is 4.98 Å². The number of fused-ring (bicyclic) bond motifs is 1. The van der Waals surface area contributed by atoms with E-state index in [4.69, 9.17) is 0 Å². The molecule has 1 saturated heterocycles. The summed E-state index contributed by atoms with van der Waals surface area (Å²) in [4.78, 5) is 9.03. The van der Waals surface area contributed by atoms with Crippen molar-refractivity contribution >= 4 is 22.8 Å². The highest BCUT2D eigenvalue weighted by atomic mass is 32.2. The maximum atomic E-state index is 4.61. The molecule has 4 heteroatoms. The zero-order chi connectivity index (χ0) is 10.8. The van der Waals surface area contributed by atoms with Crippen molar-refractivity contribution in [3.63, 3.8) is 0 Å². The Morgan fingerprint density at radius 3 is 2.94 bits per heavy atom. The molecule has 82 valence electrons. The van der Waals surface area contributed by atoms with Crippen molar-refractivity contribution in [2.75, 3.05) is 13.1 Å². The number of nitrogens with zero attached hydrogens (tertiary/aromatic N) is 2.